The maximum absolute atomic E-state index is 12.5. The van der Waals surface area contributed by atoms with E-state index in [1.165, 1.54) is 17.6 Å². The second kappa shape index (κ2) is 6.33. The Balaban J connectivity index is 3.33. The minimum absolute atomic E-state index is 0.123. The van der Waals surface area contributed by atoms with Crippen LogP contribution in [0.15, 0.2) is 29.2 Å². The van der Waals surface area contributed by atoms with E-state index in [1.807, 2.05) is 20.8 Å². The Morgan fingerprint density at radius 3 is 2.14 bits per heavy atom. The van der Waals surface area contributed by atoms with Gasteiger partial charge in [0, 0.05) is 0 Å². The number of amides is 1. The largest absolute Gasteiger partial charge is 0.393 e. The van der Waals surface area contributed by atoms with Crippen molar-refractivity contribution < 1.29 is 23.5 Å². The number of nitrogens with one attached hydrogen (secondary N) is 1. The summed E-state index contributed by atoms with van der Waals surface area (Å²) in [4.78, 5) is 8.68. The first-order valence-electron chi connectivity index (χ1n) is 6.76. The van der Waals surface area contributed by atoms with Crippen LogP contribution in [0.2, 0.25) is 0 Å². The van der Waals surface area contributed by atoms with Crippen molar-refractivity contribution in [2.75, 3.05) is 6.61 Å². The monoisotopic (exact) mass is 330 g/mol. The SMILES string of the molecule is CCC(C)(C)c1ccc(S(=O)(=O)[C@](N)(CO)C(=O)NO)cc1. The van der Waals surface area contributed by atoms with Gasteiger partial charge in [-0.25, -0.2) is 13.9 Å². The van der Waals surface area contributed by atoms with Gasteiger partial charge in [-0.1, -0.05) is 32.9 Å². The summed E-state index contributed by atoms with van der Waals surface area (Å²) in [5.41, 5.74) is 7.49. The zero-order chi connectivity index (χ0) is 17.2. The van der Waals surface area contributed by atoms with E-state index in [1.54, 1.807) is 12.1 Å². The molecular formula is C14H22N2O5S. The standard InChI is InChI=1S/C14H22N2O5S/c1-4-13(2,3)10-5-7-11(8-6-10)22(20,21)14(15,9-17)12(18)16-19/h5-8,17,19H,4,9,15H2,1-3H3,(H,16,18)/t14-/m1/s1. The second-order valence-corrected chi connectivity index (χ2v) is 7.96. The molecule has 0 spiro atoms. The molecule has 0 saturated heterocycles. The van der Waals surface area contributed by atoms with Gasteiger partial charge in [0.15, 0.2) is 0 Å². The Bertz CT molecular complexity index is 640. The first-order valence-corrected chi connectivity index (χ1v) is 8.24. The van der Waals surface area contributed by atoms with Gasteiger partial charge in [0.1, 0.15) is 0 Å². The van der Waals surface area contributed by atoms with Crippen molar-refractivity contribution in [2.24, 2.45) is 5.73 Å². The van der Waals surface area contributed by atoms with Gasteiger partial charge in [0.05, 0.1) is 11.5 Å². The normalized spacial score (nSPS) is 15.2. The molecule has 5 N–H and O–H groups in total. The molecule has 0 fully saturated rings. The van der Waals surface area contributed by atoms with Crippen LogP contribution in [0.5, 0.6) is 0 Å². The molecule has 0 radical (unpaired) electrons. The van der Waals surface area contributed by atoms with Crippen LogP contribution in [0.4, 0.5) is 0 Å². The minimum atomic E-state index is -4.38. The molecule has 1 aromatic rings. The first kappa shape index (κ1) is 18.6. The number of carbonyl (C=O) groups excluding carboxylic acids is 1. The third-order valence-corrected chi connectivity index (χ3v) is 6.20. The Morgan fingerprint density at radius 1 is 1.27 bits per heavy atom. The zero-order valence-corrected chi connectivity index (χ0v) is 13.6. The number of aliphatic hydroxyl groups is 1. The summed E-state index contributed by atoms with van der Waals surface area (Å²) >= 11 is 0. The van der Waals surface area contributed by atoms with E-state index >= 15 is 0 Å². The predicted molar refractivity (Wildman–Crippen MR) is 80.9 cm³/mol. The molecule has 0 aromatic heterocycles. The number of hydrogen-bond donors (Lipinski definition) is 4. The smallest absolute Gasteiger partial charge is 0.281 e. The lowest BCUT2D eigenvalue weighted by Gasteiger charge is -2.26. The molecule has 7 nitrogen and oxygen atoms in total. The molecule has 0 aliphatic rings. The Hall–Kier alpha value is -1.48. The van der Waals surface area contributed by atoms with Gasteiger partial charge >= 0.3 is 0 Å². The second-order valence-electron chi connectivity index (χ2n) is 5.75. The van der Waals surface area contributed by atoms with Crippen LogP contribution in [-0.2, 0) is 20.0 Å². The molecule has 0 aliphatic heterocycles. The van der Waals surface area contributed by atoms with Crippen molar-refractivity contribution in [2.45, 2.75) is 42.4 Å². The Labute approximate surface area is 130 Å². The molecule has 0 aliphatic carbocycles. The van der Waals surface area contributed by atoms with Crippen LogP contribution in [0, 0.1) is 0 Å². The fourth-order valence-corrected chi connectivity index (χ4v) is 3.25. The minimum Gasteiger partial charge on any atom is -0.393 e. The highest BCUT2D eigenvalue weighted by Crippen LogP contribution is 2.29. The summed E-state index contributed by atoms with van der Waals surface area (Å²) in [5, 5.41) is 17.9. The molecule has 0 heterocycles. The van der Waals surface area contributed by atoms with Crippen molar-refractivity contribution in [1.82, 2.24) is 5.48 Å². The van der Waals surface area contributed by atoms with Crippen LogP contribution in [0.25, 0.3) is 0 Å². The van der Waals surface area contributed by atoms with Gasteiger partial charge in [-0.05, 0) is 29.5 Å². The third-order valence-electron chi connectivity index (χ3n) is 4.03. The average molecular weight is 330 g/mol. The van der Waals surface area contributed by atoms with Crippen LogP contribution < -0.4 is 11.2 Å². The summed E-state index contributed by atoms with van der Waals surface area (Å²) in [6, 6.07) is 5.96. The number of hydroxylamine groups is 1. The highest BCUT2D eigenvalue weighted by molar-refractivity contribution is 7.93. The predicted octanol–water partition coefficient (Wildman–Crippen LogP) is 0.301. The quantitative estimate of drug-likeness (QED) is 0.438. The number of nitrogens with two attached hydrogens (primary N) is 1. The maximum atomic E-state index is 12.5. The fourth-order valence-electron chi connectivity index (χ4n) is 1.87. The number of sulfone groups is 1. The van der Waals surface area contributed by atoms with Gasteiger partial charge in [0.25, 0.3) is 5.91 Å². The van der Waals surface area contributed by atoms with Gasteiger partial charge in [-0.15, -0.1) is 0 Å². The molecule has 124 valence electrons. The number of aliphatic hydroxyl groups excluding tert-OH is 1. The lowest BCUT2D eigenvalue weighted by molar-refractivity contribution is -0.132. The van der Waals surface area contributed by atoms with Gasteiger partial charge in [-0.3, -0.25) is 10.0 Å². The molecular weight excluding hydrogens is 308 g/mol. The summed E-state index contributed by atoms with van der Waals surface area (Å²) in [6.07, 6.45) is 0.865. The van der Waals surface area contributed by atoms with Crippen molar-refractivity contribution in [3.05, 3.63) is 29.8 Å². The van der Waals surface area contributed by atoms with Gasteiger partial charge in [-0.2, -0.15) is 0 Å². The van der Waals surface area contributed by atoms with E-state index in [9.17, 15) is 18.3 Å². The highest BCUT2D eigenvalue weighted by Gasteiger charge is 2.48. The molecule has 1 amide bonds. The Kier molecular flexibility index (Phi) is 5.34. The van der Waals surface area contributed by atoms with Gasteiger partial charge < -0.3 is 10.8 Å². The molecule has 1 aromatic carbocycles. The third kappa shape index (κ3) is 3.00. The molecule has 22 heavy (non-hydrogen) atoms. The van der Waals surface area contributed by atoms with Crippen molar-refractivity contribution in [3.63, 3.8) is 0 Å². The highest BCUT2D eigenvalue weighted by atomic mass is 32.2. The van der Waals surface area contributed by atoms with Crippen LogP contribution in [0.3, 0.4) is 0 Å². The molecule has 0 saturated carbocycles. The molecule has 1 atom stereocenters. The molecule has 1 rings (SSSR count). The van der Waals surface area contributed by atoms with E-state index < -0.39 is 27.2 Å². The average Bonchev–Trinajstić information content (AvgIpc) is 2.52. The fraction of sp³-hybridized carbons (Fsp3) is 0.500. The molecule has 0 unspecified atom stereocenters. The summed E-state index contributed by atoms with van der Waals surface area (Å²) in [7, 11) is -4.38. The van der Waals surface area contributed by atoms with E-state index in [2.05, 4.69) is 0 Å². The first-order chi connectivity index (χ1) is 10.1. The van der Waals surface area contributed by atoms with E-state index in [-0.39, 0.29) is 10.3 Å². The van der Waals surface area contributed by atoms with Gasteiger partial charge in [0.2, 0.25) is 14.7 Å². The summed E-state index contributed by atoms with van der Waals surface area (Å²) in [5.74, 6) is -1.40. The van der Waals surface area contributed by atoms with E-state index in [0.29, 0.717) is 0 Å². The van der Waals surface area contributed by atoms with Crippen molar-refractivity contribution in [3.8, 4) is 0 Å². The number of benzene rings is 1. The lowest BCUT2D eigenvalue weighted by atomic mass is 9.82. The van der Waals surface area contributed by atoms with Crippen molar-refractivity contribution in [1.29, 1.82) is 0 Å². The molecule has 8 heteroatoms. The van der Waals surface area contributed by atoms with E-state index in [0.717, 1.165) is 12.0 Å². The van der Waals surface area contributed by atoms with Crippen LogP contribution in [-0.4, -0.2) is 36.1 Å². The topological polar surface area (TPSA) is 130 Å². The zero-order valence-electron chi connectivity index (χ0n) is 12.8. The number of rotatable bonds is 6. The lowest BCUT2D eigenvalue weighted by Crippen LogP contribution is -2.61. The number of carbonyl (C=O) groups is 1. The van der Waals surface area contributed by atoms with Crippen LogP contribution >= 0.6 is 0 Å². The number of hydrogen-bond acceptors (Lipinski definition) is 6. The molecule has 0 bridgehead atoms. The summed E-state index contributed by atoms with van der Waals surface area (Å²) < 4.78 is 24.9. The van der Waals surface area contributed by atoms with Crippen molar-refractivity contribution >= 4 is 15.7 Å². The maximum Gasteiger partial charge on any atom is 0.281 e. The summed E-state index contributed by atoms with van der Waals surface area (Å²) in [6.45, 7) is 4.91. The Morgan fingerprint density at radius 2 is 1.77 bits per heavy atom. The van der Waals surface area contributed by atoms with Crippen LogP contribution in [0.1, 0.15) is 32.8 Å². The van der Waals surface area contributed by atoms with E-state index in [4.69, 9.17) is 10.9 Å².